The van der Waals surface area contributed by atoms with Gasteiger partial charge in [0.2, 0.25) is 5.95 Å². The number of aryl methyl sites for hydroxylation is 3. The van der Waals surface area contributed by atoms with E-state index in [1.807, 2.05) is 6.92 Å². The topological polar surface area (TPSA) is 41.1 Å². The molecule has 0 spiro atoms. The van der Waals surface area contributed by atoms with Crippen molar-refractivity contribution in [2.75, 3.05) is 23.3 Å². The van der Waals surface area contributed by atoms with E-state index in [9.17, 15) is 0 Å². The number of benzene rings is 1. The maximum atomic E-state index is 4.75. The van der Waals surface area contributed by atoms with Gasteiger partial charge in [-0.2, -0.15) is 4.98 Å². The number of nitrogens with zero attached hydrogens (tertiary/aromatic N) is 3. The summed E-state index contributed by atoms with van der Waals surface area (Å²) in [5.74, 6) is 2.55. The van der Waals surface area contributed by atoms with E-state index in [1.165, 1.54) is 24.0 Å². The van der Waals surface area contributed by atoms with Crippen LogP contribution in [0, 0.1) is 26.7 Å². The van der Waals surface area contributed by atoms with Crippen molar-refractivity contribution in [3.8, 4) is 0 Å². The molecule has 4 heteroatoms. The molecule has 23 heavy (non-hydrogen) atoms. The van der Waals surface area contributed by atoms with Crippen LogP contribution in [0.2, 0.25) is 0 Å². The minimum Gasteiger partial charge on any atom is -0.356 e. The molecule has 0 bridgehead atoms. The molecule has 1 saturated heterocycles. The summed E-state index contributed by atoms with van der Waals surface area (Å²) in [6.07, 6.45) is 2.48. The Bertz CT molecular complexity index is 688. The maximum Gasteiger partial charge on any atom is 0.229 e. The Labute approximate surface area is 139 Å². The number of hydrogen-bond acceptors (Lipinski definition) is 4. The van der Waals surface area contributed by atoms with Crippen LogP contribution in [0.4, 0.5) is 17.5 Å². The highest BCUT2D eigenvalue weighted by Crippen LogP contribution is 2.25. The van der Waals surface area contributed by atoms with Gasteiger partial charge in [0.15, 0.2) is 0 Å². The van der Waals surface area contributed by atoms with E-state index in [1.54, 1.807) is 0 Å². The van der Waals surface area contributed by atoms with Crippen LogP contribution in [-0.2, 0) is 0 Å². The molecule has 0 aliphatic carbocycles. The fourth-order valence-corrected chi connectivity index (χ4v) is 3.00. The molecule has 1 aliphatic heterocycles. The van der Waals surface area contributed by atoms with Crippen molar-refractivity contribution in [1.82, 2.24) is 9.97 Å². The Morgan fingerprint density at radius 2 is 1.78 bits per heavy atom. The number of aromatic nitrogens is 2. The molecule has 122 valence electrons. The van der Waals surface area contributed by atoms with Crippen molar-refractivity contribution in [3.05, 3.63) is 41.1 Å². The van der Waals surface area contributed by atoms with Crippen molar-refractivity contribution in [2.45, 2.75) is 40.5 Å². The Balaban J connectivity index is 1.84. The number of hydrogen-bond donors (Lipinski definition) is 1. The predicted octanol–water partition coefficient (Wildman–Crippen LogP) is 4.38. The van der Waals surface area contributed by atoms with E-state index in [4.69, 9.17) is 4.98 Å². The van der Waals surface area contributed by atoms with Gasteiger partial charge in [0.05, 0.1) is 0 Å². The molecule has 1 aromatic carbocycles. The molecule has 3 rings (SSSR count). The van der Waals surface area contributed by atoms with Crippen molar-refractivity contribution in [1.29, 1.82) is 0 Å². The molecule has 0 atom stereocenters. The van der Waals surface area contributed by atoms with Gasteiger partial charge in [-0.15, -0.1) is 0 Å². The fourth-order valence-electron chi connectivity index (χ4n) is 3.00. The van der Waals surface area contributed by atoms with Crippen LogP contribution in [0.15, 0.2) is 24.3 Å². The largest absolute Gasteiger partial charge is 0.356 e. The first kappa shape index (κ1) is 15.8. The lowest BCUT2D eigenvalue weighted by Crippen LogP contribution is -2.33. The highest BCUT2D eigenvalue weighted by Gasteiger charge is 2.18. The molecule has 0 amide bonds. The second-order valence-electron chi connectivity index (χ2n) is 6.80. The Hall–Kier alpha value is -2.10. The van der Waals surface area contributed by atoms with Crippen molar-refractivity contribution in [3.63, 3.8) is 0 Å². The predicted molar refractivity (Wildman–Crippen MR) is 96.6 cm³/mol. The average molecular weight is 310 g/mol. The zero-order valence-corrected chi connectivity index (χ0v) is 14.6. The minimum absolute atomic E-state index is 0.687. The van der Waals surface area contributed by atoms with Crippen molar-refractivity contribution >= 4 is 17.5 Å². The summed E-state index contributed by atoms with van der Waals surface area (Å²) in [4.78, 5) is 11.7. The zero-order chi connectivity index (χ0) is 16.4. The quantitative estimate of drug-likeness (QED) is 0.913. The van der Waals surface area contributed by atoms with Gasteiger partial charge < -0.3 is 10.2 Å². The SMILES string of the molecule is Cc1ccc(C)c(Nc2nc(C)cc(N3CCC(C)CC3)n2)c1. The smallest absolute Gasteiger partial charge is 0.229 e. The van der Waals surface area contributed by atoms with E-state index < -0.39 is 0 Å². The molecule has 0 radical (unpaired) electrons. The lowest BCUT2D eigenvalue weighted by atomic mass is 9.99. The zero-order valence-electron chi connectivity index (χ0n) is 14.6. The first-order chi connectivity index (χ1) is 11.0. The molecule has 1 aliphatic rings. The molecule has 1 fully saturated rings. The second kappa shape index (κ2) is 6.57. The van der Waals surface area contributed by atoms with E-state index >= 15 is 0 Å². The highest BCUT2D eigenvalue weighted by atomic mass is 15.2. The lowest BCUT2D eigenvalue weighted by Gasteiger charge is -2.31. The summed E-state index contributed by atoms with van der Waals surface area (Å²) >= 11 is 0. The minimum atomic E-state index is 0.687. The van der Waals surface area contributed by atoms with Gasteiger partial charge in [0, 0.05) is 30.5 Å². The number of anilines is 3. The molecular weight excluding hydrogens is 284 g/mol. The van der Waals surface area contributed by atoms with E-state index in [-0.39, 0.29) is 0 Å². The van der Waals surface area contributed by atoms with Crippen LogP contribution in [0.5, 0.6) is 0 Å². The lowest BCUT2D eigenvalue weighted by molar-refractivity contribution is 0.436. The van der Waals surface area contributed by atoms with Gasteiger partial charge in [0.1, 0.15) is 5.82 Å². The first-order valence-electron chi connectivity index (χ1n) is 8.46. The third-order valence-electron chi connectivity index (χ3n) is 4.59. The van der Waals surface area contributed by atoms with Crippen LogP contribution in [0.25, 0.3) is 0 Å². The summed E-state index contributed by atoms with van der Waals surface area (Å²) in [6.45, 7) is 10.7. The van der Waals surface area contributed by atoms with Gasteiger partial charge in [-0.05, 0) is 56.7 Å². The van der Waals surface area contributed by atoms with Crippen LogP contribution in [0.3, 0.4) is 0 Å². The maximum absolute atomic E-state index is 4.75. The third-order valence-corrected chi connectivity index (χ3v) is 4.59. The fraction of sp³-hybridized carbons (Fsp3) is 0.474. The number of nitrogens with one attached hydrogen (secondary N) is 1. The van der Waals surface area contributed by atoms with Gasteiger partial charge in [0.25, 0.3) is 0 Å². The van der Waals surface area contributed by atoms with Crippen molar-refractivity contribution in [2.24, 2.45) is 5.92 Å². The van der Waals surface area contributed by atoms with Gasteiger partial charge in [-0.1, -0.05) is 19.1 Å². The summed E-state index contributed by atoms with van der Waals surface area (Å²) < 4.78 is 0. The van der Waals surface area contributed by atoms with Crippen molar-refractivity contribution < 1.29 is 0 Å². The van der Waals surface area contributed by atoms with Gasteiger partial charge in [-0.3, -0.25) is 0 Å². The van der Waals surface area contributed by atoms with E-state index in [2.05, 4.69) is 60.2 Å². The van der Waals surface area contributed by atoms with Crippen LogP contribution in [0.1, 0.15) is 36.6 Å². The van der Waals surface area contributed by atoms with Crippen LogP contribution >= 0.6 is 0 Å². The highest BCUT2D eigenvalue weighted by molar-refractivity contribution is 5.60. The normalized spacial score (nSPS) is 15.7. The molecule has 2 aromatic rings. The first-order valence-corrected chi connectivity index (χ1v) is 8.46. The molecule has 4 nitrogen and oxygen atoms in total. The molecular formula is C19H26N4. The molecule has 1 N–H and O–H groups in total. The standard InChI is InChI=1S/C19H26N4/c1-13-7-9-23(10-8-13)18-12-16(4)20-19(22-18)21-17-11-14(2)5-6-15(17)3/h5-6,11-13H,7-10H2,1-4H3,(H,20,21,22). The summed E-state index contributed by atoms with van der Waals surface area (Å²) in [6, 6.07) is 8.48. The van der Waals surface area contributed by atoms with Crippen LogP contribution < -0.4 is 10.2 Å². The summed E-state index contributed by atoms with van der Waals surface area (Å²) in [7, 11) is 0. The molecule has 2 heterocycles. The Morgan fingerprint density at radius 3 is 2.52 bits per heavy atom. The summed E-state index contributed by atoms with van der Waals surface area (Å²) in [5, 5.41) is 3.39. The molecule has 1 aromatic heterocycles. The summed E-state index contributed by atoms with van der Waals surface area (Å²) in [5.41, 5.74) is 4.51. The van der Waals surface area contributed by atoms with Gasteiger partial charge in [-0.25, -0.2) is 4.98 Å². The van der Waals surface area contributed by atoms with Gasteiger partial charge >= 0.3 is 0 Å². The monoisotopic (exact) mass is 310 g/mol. The Kier molecular flexibility index (Phi) is 4.51. The number of rotatable bonds is 3. The second-order valence-corrected chi connectivity index (χ2v) is 6.80. The number of piperidine rings is 1. The molecule has 0 unspecified atom stereocenters. The van der Waals surface area contributed by atoms with Crippen LogP contribution in [-0.4, -0.2) is 23.1 Å². The van der Waals surface area contributed by atoms with E-state index in [0.717, 1.165) is 36.2 Å². The molecule has 0 saturated carbocycles. The van der Waals surface area contributed by atoms with E-state index in [0.29, 0.717) is 5.95 Å². The third kappa shape index (κ3) is 3.81. The Morgan fingerprint density at radius 1 is 1.04 bits per heavy atom. The average Bonchev–Trinajstić information content (AvgIpc) is 2.51.